The molecule has 0 bridgehead atoms. The maximum atomic E-state index is 12.5. The number of benzene rings is 2. The van der Waals surface area contributed by atoms with E-state index in [0.717, 1.165) is 30.8 Å². The van der Waals surface area contributed by atoms with Crippen molar-refractivity contribution in [1.29, 1.82) is 0 Å². The molecule has 21 heavy (non-hydrogen) atoms. The van der Waals surface area contributed by atoms with Crippen LogP contribution in [0.5, 0.6) is 0 Å². The van der Waals surface area contributed by atoms with Gasteiger partial charge in [-0.25, -0.2) is 0 Å². The van der Waals surface area contributed by atoms with Crippen LogP contribution in [-0.2, 0) is 0 Å². The lowest BCUT2D eigenvalue weighted by Gasteiger charge is -2.20. The van der Waals surface area contributed by atoms with Gasteiger partial charge in [0.25, 0.3) is 5.91 Å². The zero-order valence-electron chi connectivity index (χ0n) is 11.9. The molecular formula is C18H19NOS. The van der Waals surface area contributed by atoms with Crippen molar-refractivity contribution in [2.75, 3.05) is 18.8 Å². The van der Waals surface area contributed by atoms with E-state index in [1.165, 1.54) is 5.56 Å². The average molecular weight is 297 g/mol. The molecule has 1 aliphatic rings. The Morgan fingerprint density at radius 1 is 0.952 bits per heavy atom. The highest BCUT2D eigenvalue weighted by molar-refractivity contribution is 7.99. The lowest BCUT2D eigenvalue weighted by Crippen LogP contribution is -2.32. The molecule has 108 valence electrons. The summed E-state index contributed by atoms with van der Waals surface area (Å²) in [6.07, 6.45) is 1.02. The second-order valence-electron chi connectivity index (χ2n) is 5.22. The van der Waals surface area contributed by atoms with E-state index in [1.807, 2.05) is 47.0 Å². The van der Waals surface area contributed by atoms with Gasteiger partial charge in [-0.15, -0.1) is 0 Å². The zero-order chi connectivity index (χ0) is 14.5. The van der Waals surface area contributed by atoms with E-state index in [1.54, 1.807) is 0 Å². The van der Waals surface area contributed by atoms with E-state index in [0.29, 0.717) is 5.25 Å². The Hall–Kier alpha value is -1.74. The van der Waals surface area contributed by atoms with Crippen molar-refractivity contribution in [1.82, 2.24) is 4.90 Å². The van der Waals surface area contributed by atoms with Crippen molar-refractivity contribution in [2.24, 2.45) is 0 Å². The summed E-state index contributed by atoms with van der Waals surface area (Å²) in [6.45, 7) is 1.67. The number of hydrogen-bond donors (Lipinski definition) is 0. The van der Waals surface area contributed by atoms with Crippen LogP contribution >= 0.6 is 11.8 Å². The molecule has 1 heterocycles. The minimum atomic E-state index is 0.157. The summed E-state index contributed by atoms with van der Waals surface area (Å²) >= 11 is 1.96. The summed E-state index contributed by atoms with van der Waals surface area (Å²) in [5, 5.41) is 0.500. The number of amides is 1. The molecule has 1 atom stereocenters. The van der Waals surface area contributed by atoms with Crippen molar-refractivity contribution in [3.8, 4) is 0 Å². The first-order valence-electron chi connectivity index (χ1n) is 7.35. The normalized spacial score (nSPS) is 19.0. The quantitative estimate of drug-likeness (QED) is 0.835. The first kappa shape index (κ1) is 14.2. The molecule has 1 fully saturated rings. The van der Waals surface area contributed by atoms with Crippen molar-refractivity contribution in [3.05, 3.63) is 71.8 Å². The number of rotatable bonds is 2. The van der Waals surface area contributed by atoms with Crippen molar-refractivity contribution in [2.45, 2.75) is 11.7 Å². The largest absolute Gasteiger partial charge is 0.338 e. The zero-order valence-corrected chi connectivity index (χ0v) is 12.8. The molecule has 0 spiro atoms. The van der Waals surface area contributed by atoms with Crippen LogP contribution in [0.4, 0.5) is 0 Å². The Morgan fingerprint density at radius 2 is 1.62 bits per heavy atom. The fourth-order valence-corrected chi connectivity index (χ4v) is 3.90. The Labute approximate surface area is 130 Å². The van der Waals surface area contributed by atoms with E-state index in [4.69, 9.17) is 0 Å². The smallest absolute Gasteiger partial charge is 0.253 e. The van der Waals surface area contributed by atoms with Crippen molar-refractivity contribution >= 4 is 17.7 Å². The second kappa shape index (κ2) is 6.81. The van der Waals surface area contributed by atoms with Gasteiger partial charge < -0.3 is 4.90 Å². The van der Waals surface area contributed by atoms with Gasteiger partial charge in [0.15, 0.2) is 0 Å². The molecule has 2 aromatic carbocycles. The highest BCUT2D eigenvalue weighted by Gasteiger charge is 2.22. The number of nitrogens with zero attached hydrogens (tertiary/aromatic N) is 1. The number of carbonyl (C=O) groups excluding carboxylic acids is 1. The van der Waals surface area contributed by atoms with Crippen LogP contribution < -0.4 is 0 Å². The molecule has 0 aliphatic carbocycles. The van der Waals surface area contributed by atoms with Gasteiger partial charge in [-0.05, 0) is 24.1 Å². The van der Waals surface area contributed by atoms with Crippen LogP contribution in [0.25, 0.3) is 0 Å². The highest BCUT2D eigenvalue weighted by Crippen LogP contribution is 2.34. The summed E-state index contributed by atoms with van der Waals surface area (Å²) in [4.78, 5) is 14.5. The molecule has 1 aliphatic heterocycles. The van der Waals surface area contributed by atoms with Gasteiger partial charge in [-0.2, -0.15) is 11.8 Å². The Bertz CT molecular complexity index is 585. The standard InChI is InChI=1S/C18H19NOS/c20-18(16-9-5-2-6-10-16)19-12-11-17(21-14-13-19)15-7-3-1-4-8-15/h1-10,17H,11-14H2/t17-/m1/s1. The molecule has 0 aromatic heterocycles. The summed E-state index contributed by atoms with van der Waals surface area (Å²) in [5.41, 5.74) is 2.16. The molecule has 2 aromatic rings. The van der Waals surface area contributed by atoms with Crippen LogP contribution in [0.1, 0.15) is 27.6 Å². The molecule has 1 amide bonds. The minimum Gasteiger partial charge on any atom is -0.338 e. The van der Waals surface area contributed by atoms with Crippen LogP contribution in [0.3, 0.4) is 0 Å². The lowest BCUT2D eigenvalue weighted by molar-refractivity contribution is 0.0766. The van der Waals surface area contributed by atoms with E-state index >= 15 is 0 Å². The van der Waals surface area contributed by atoms with Gasteiger partial charge in [0.2, 0.25) is 0 Å². The van der Waals surface area contributed by atoms with Gasteiger partial charge >= 0.3 is 0 Å². The fourth-order valence-electron chi connectivity index (χ4n) is 2.67. The van der Waals surface area contributed by atoms with E-state index in [2.05, 4.69) is 30.3 Å². The van der Waals surface area contributed by atoms with Crippen LogP contribution in [-0.4, -0.2) is 29.6 Å². The minimum absolute atomic E-state index is 0.157. The molecule has 3 heteroatoms. The topological polar surface area (TPSA) is 20.3 Å². The molecule has 0 radical (unpaired) electrons. The Balaban J connectivity index is 1.67. The predicted octanol–water partition coefficient (Wildman–Crippen LogP) is 4.01. The van der Waals surface area contributed by atoms with Crippen molar-refractivity contribution < 1.29 is 4.79 Å². The number of thioether (sulfide) groups is 1. The van der Waals surface area contributed by atoms with Crippen LogP contribution in [0.15, 0.2) is 60.7 Å². The molecular weight excluding hydrogens is 278 g/mol. The summed E-state index contributed by atoms with van der Waals surface area (Å²) < 4.78 is 0. The predicted molar refractivity (Wildman–Crippen MR) is 88.6 cm³/mol. The van der Waals surface area contributed by atoms with Crippen LogP contribution in [0, 0.1) is 0 Å². The number of hydrogen-bond acceptors (Lipinski definition) is 2. The molecule has 0 N–H and O–H groups in total. The van der Waals surface area contributed by atoms with E-state index < -0.39 is 0 Å². The summed E-state index contributed by atoms with van der Waals surface area (Å²) in [5.74, 6) is 1.16. The molecule has 3 rings (SSSR count). The van der Waals surface area contributed by atoms with Gasteiger partial charge in [0.05, 0.1) is 0 Å². The van der Waals surface area contributed by atoms with Gasteiger partial charge in [-0.3, -0.25) is 4.79 Å². The van der Waals surface area contributed by atoms with E-state index in [-0.39, 0.29) is 5.91 Å². The maximum Gasteiger partial charge on any atom is 0.253 e. The highest BCUT2D eigenvalue weighted by atomic mass is 32.2. The van der Waals surface area contributed by atoms with Gasteiger partial charge in [-0.1, -0.05) is 48.5 Å². The Morgan fingerprint density at radius 3 is 2.33 bits per heavy atom. The van der Waals surface area contributed by atoms with Crippen LogP contribution in [0.2, 0.25) is 0 Å². The second-order valence-corrected chi connectivity index (χ2v) is 6.53. The average Bonchev–Trinajstić information content (AvgIpc) is 2.82. The first-order valence-corrected chi connectivity index (χ1v) is 8.40. The SMILES string of the molecule is O=C(c1ccccc1)N1CCS[C@@H](c2ccccc2)CC1. The molecule has 2 nitrogen and oxygen atoms in total. The third kappa shape index (κ3) is 3.48. The summed E-state index contributed by atoms with van der Waals surface area (Å²) in [6, 6.07) is 20.2. The molecule has 1 saturated heterocycles. The maximum absolute atomic E-state index is 12.5. The van der Waals surface area contributed by atoms with Gasteiger partial charge in [0.1, 0.15) is 0 Å². The third-order valence-corrected chi connectivity index (χ3v) is 5.15. The third-order valence-electron chi connectivity index (χ3n) is 3.82. The molecule has 0 saturated carbocycles. The first-order chi connectivity index (χ1) is 10.3. The van der Waals surface area contributed by atoms with Gasteiger partial charge in [0, 0.05) is 29.7 Å². The number of carbonyl (C=O) groups is 1. The fraction of sp³-hybridized carbons (Fsp3) is 0.278. The summed E-state index contributed by atoms with van der Waals surface area (Å²) in [7, 11) is 0. The van der Waals surface area contributed by atoms with Crippen molar-refractivity contribution in [3.63, 3.8) is 0 Å². The monoisotopic (exact) mass is 297 g/mol. The Kier molecular flexibility index (Phi) is 4.61. The van der Waals surface area contributed by atoms with E-state index in [9.17, 15) is 4.79 Å². The molecule has 0 unspecified atom stereocenters. The lowest BCUT2D eigenvalue weighted by atomic mass is 10.1.